The molecule has 0 bridgehead atoms. The minimum Gasteiger partial charge on any atom is -0.126 e. The summed E-state index contributed by atoms with van der Waals surface area (Å²) in [5, 5.41) is 0. The average molecular weight is 191 g/mol. The molecule has 0 aliphatic rings. The molecule has 0 spiro atoms. The van der Waals surface area contributed by atoms with Gasteiger partial charge >= 0.3 is 0 Å². The maximum Gasteiger partial charge on any atom is 0.0251 e. The first-order valence-corrected chi connectivity index (χ1v) is 5.63. The van der Waals surface area contributed by atoms with Gasteiger partial charge in [0.25, 0.3) is 0 Å². The lowest BCUT2D eigenvalue weighted by Gasteiger charge is -2.29. The van der Waals surface area contributed by atoms with Crippen molar-refractivity contribution in [3.05, 3.63) is 0 Å². The first-order valence-electron chi connectivity index (χ1n) is 5.10. The normalized spacial score (nSPS) is 21.5. The van der Waals surface area contributed by atoms with E-state index in [1.54, 1.807) is 0 Å². The van der Waals surface area contributed by atoms with Crippen molar-refractivity contribution in [2.24, 2.45) is 23.7 Å². The van der Waals surface area contributed by atoms with Gasteiger partial charge in [-0.15, -0.1) is 11.6 Å². The van der Waals surface area contributed by atoms with Crippen molar-refractivity contribution in [3.8, 4) is 0 Å². The summed E-state index contributed by atoms with van der Waals surface area (Å²) in [7, 11) is 0. The van der Waals surface area contributed by atoms with Crippen molar-refractivity contribution >= 4 is 11.6 Å². The van der Waals surface area contributed by atoms with Crippen LogP contribution < -0.4 is 0 Å². The first kappa shape index (κ1) is 12.3. The number of hydrogen-bond acceptors (Lipinski definition) is 0. The van der Waals surface area contributed by atoms with Crippen LogP contribution in [0.5, 0.6) is 0 Å². The summed E-state index contributed by atoms with van der Waals surface area (Å²) in [6.45, 7) is 11.5. The molecule has 0 nitrogen and oxygen atoms in total. The lowest BCUT2D eigenvalue weighted by atomic mass is 9.78. The van der Waals surface area contributed by atoms with Crippen molar-refractivity contribution in [3.63, 3.8) is 0 Å². The second kappa shape index (κ2) is 5.85. The molecule has 0 aliphatic carbocycles. The topological polar surface area (TPSA) is 0 Å². The van der Waals surface area contributed by atoms with Gasteiger partial charge in [-0.25, -0.2) is 0 Å². The summed E-state index contributed by atoms with van der Waals surface area (Å²) >= 11 is 5.84. The monoisotopic (exact) mass is 190 g/mol. The van der Waals surface area contributed by atoms with Gasteiger partial charge in [0.15, 0.2) is 0 Å². The molecule has 0 radical (unpaired) electrons. The van der Waals surface area contributed by atoms with E-state index in [-0.39, 0.29) is 0 Å². The number of hydrogen-bond donors (Lipinski definition) is 0. The summed E-state index contributed by atoms with van der Waals surface area (Å²) in [6.07, 6.45) is 1.28. The molecule has 0 saturated carbocycles. The molecular weight excluding hydrogens is 168 g/mol. The predicted octanol–water partition coefficient (Wildman–Crippen LogP) is 4.18. The highest BCUT2D eigenvalue weighted by atomic mass is 35.5. The van der Waals surface area contributed by atoms with E-state index in [9.17, 15) is 0 Å². The Balaban J connectivity index is 3.99. The predicted molar refractivity (Wildman–Crippen MR) is 57.7 cm³/mol. The summed E-state index contributed by atoms with van der Waals surface area (Å²) in [6, 6.07) is 0. The van der Waals surface area contributed by atoms with Gasteiger partial charge < -0.3 is 0 Å². The minimum absolute atomic E-state index is 0.649. The molecule has 4 unspecified atom stereocenters. The van der Waals surface area contributed by atoms with Crippen molar-refractivity contribution in [1.82, 2.24) is 0 Å². The third-order valence-electron chi connectivity index (χ3n) is 3.51. The molecule has 0 aliphatic heterocycles. The van der Waals surface area contributed by atoms with Crippen LogP contribution in [0.1, 0.15) is 41.0 Å². The summed E-state index contributed by atoms with van der Waals surface area (Å²) in [4.78, 5) is 0. The molecule has 0 aromatic carbocycles. The highest BCUT2D eigenvalue weighted by Crippen LogP contribution is 2.28. The molecule has 0 aromatic heterocycles. The van der Waals surface area contributed by atoms with E-state index in [0.717, 1.165) is 23.6 Å². The fourth-order valence-electron chi connectivity index (χ4n) is 1.55. The lowest BCUT2D eigenvalue weighted by molar-refractivity contribution is 0.221. The van der Waals surface area contributed by atoms with E-state index in [1.807, 2.05) is 0 Å². The van der Waals surface area contributed by atoms with Gasteiger partial charge in [0.2, 0.25) is 0 Å². The Labute approximate surface area is 82.7 Å². The van der Waals surface area contributed by atoms with E-state index in [2.05, 4.69) is 34.6 Å². The van der Waals surface area contributed by atoms with Crippen LogP contribution >= 0.6 is 11.6 Å². The molecule has 0 rings (SSSR count). The summed E-state index contributed by atoms with van der Waals surface area (Å²) < 4.78 is 0. The van der Waals surface area contributed by atoms with Crippen LogP contribution in [-0.2, 0) is 0 Å². The molecule has 4 atom stereocenters. The molecule has 0 saturated heterocycles. The molecule has 0 aromatic rings. The highest BCUT2D eigenvalue weighted by Gasteiger charge is 2.21. The Bertz CT molecular complexity index is 97.6. The van der Waals surface area contributed by atoms with E-state index in [1.165, 1.54) is 6.42 Å². The Kier molecular flexibility index (Phi) is 6.00. The molecule has 74 valence electrons. The number of halogens is 1. The van der Waals surface area contributed by atoms with Crippen LogP contribution in [0.25, 0.3) is 0 Å². The second-order valence-electron chi connectivity index (χ2n) is 4.24. The SMILES string of the molecule is CCC(C)C(C)C(C)C(C)CCl. The molecule has 0 fully saturated rings. The Morgan fingerprint density at radius 1 is 0.917 bits per heavy atom. The van der Waals surface area contributed by atoms with Crippen LogP contribution in [0.3, 0.4) is 0 Å². The van der Waals surface area contributed by atoms with Gasteiger partial charge in [0, 0.05) is 5.88 Å². The first-order chi connectivity index (χ1) is 5.54. The molecule has 0 heterocycles. The molecular formula is C11H23Cl. The fraction of sp³-hybridized carbons (Fsp3) is 1.00. The molecule has 12 heavy (non-hydrogen) atoms. The minimum atomic E-state index is 0.649. The second-order valence-corrected chi connectivity index (χ2v) is 4.54. The van der Waals surface area contributed by atoms with Crippen LogP contribution in [0, 0.1) is 23.7 Å². The summed E-state index contributed by atoms with van der Waals surface area (Å²) in [5.74, 6) is 3.81. The van der Waals surface area contributed by atoms with E-state index in [0.29, 0.717) is 5.92 Å². The highest BCUT2D eigenvalue weighted by molar-refractivity contribution is 6.18. The van der Waals surface area contributed by atoms with Gasteiger partial charge in [-0.3, -0.25) is 0 Å². The van der Waals surface area contributed by atoms with Crippen LogP contribution in [0.15, 0.2) is 0 Å². The van der Waals surface area contributed by atoms with Crippen molar-refractivity contribution in [2.45, 2.75) is 41.0 Å². The van der Waals surface area contributed by atoms with Gasteiger partial charge in [-0.2, -0.15) is 0 Å². The van der Waals surface area contributed by atoms with Crippen LogP contribution in [0.2, 0.25) is 0 Å². The number of alkyl halides is 1. The lowest BCUT2D eigenvalue weighted by Crippen LogP contribution is -2.22. The Hall–Kier alpha value is 0.290. The maximum absolute atomic E-state index is 5.84. The third kappa shape index (κ3) is 3.35. The van der Waals surface area contributed by atoms with Crippen molar-refractivity contribution in [2.75, 3.05) is 5.88 Å². The smallest absolute Gasteiger partial charge is 0.0251 e. The zero-order valence-corrected chi connectivity index (χ0v) is 9.86. The van der Waals surface area contributed by atoms with Gasteiger partial charge in [0.05, 0.1) is 0 Å². The zero-order chi connectivity index (χ0) is 9.72. The van der Waals surface area contributed by atoms with Crippen LogP contribution in [-0.4, -0.2) is 5.88 Å². The van der Waals surface area contributed by atoms with Crippen LogP contribution in [0.4, 0.5) is 0 Å². The quantitative estimate of drug-likeness (QED) is 0.571. The molecule has 1 heteroatoms. The zero-order valence-electron chi connectivity index (χ0n) is 9.10. The van der Waals surface area contributed by atoms with Gasteiger partial charge in [-0.1, -0.05) is 41.0 Å². The standard InChI is InChI=1S/C11H23Cl/c1-6-8(2)10(4)11(5)9(3)7-12/h8-11H,6-7H2,1-5H3. The van der Waals surface area contributed by atoms with Crippen molar-refractivity contribution in [1.29, 1.82) is 0 Å². The maximum atomic E-state index is 5.84. The largest absolute Gasteiger partial charge is 0.126 e. The van der Waals surface area contributed by atoms with Crippen molar-refractivity contribution < 1.29 is 0 Å². The molecule has 0 amide bonds. The van der Waals surface area contributed by atoms with Gasteiger partial charge in [0.1, 0.15) is 0 Å². The third-order valence-corrected chi connectivity index (χ3v) is 4.00. The summed E-state index contributed by atoms with van der Waals surface area (Å²) in [5.41, 5.74) is 0. The van der Waals surface area contributed by atoms with E-state index in [4.69, 9.17) is 11.6 Å². The number of rotatable bonds is 5. The van der Waals surface area contributed by atoms with E-state index < -0.39 is 0 Å². The molecule has 0 N–H and O–H groups in total. The van der Waals surface area contributed by atoms with Gasteiger partial charge in [-0.05, 0) is 23.7 Å². The fourth-order valence-corrected chi connectivity index (χ4v) is 1.83. The Morgan fingerprint density at radius 3 is 1.67 bits per heavy atom. The van der Waals surface area contributed by atoms with E-state index >= 15 is 0 Å². The average Bonchev–Trinajstić information content (AvgIpc) is 2.12. The Morgan fingerprint density at radius 2 is 1.33 bits per heavy atom.